The number of anilines is 1. The van der Waals surface area contributed by atoms with Crippen molar-refractivity contribution in [3.63, 3.8) is 0 Å². The molecule has 0 aromatic heterocycles. The molecule has 0 bridgehead atoms. The molecule has 3 rings (SSSR count). The van der Waals surface area contributed by atoms with Crippen LogP contribution in [-0.2, 0) is 35.6 Å². The molecular formula is C25H31N3O8S. The number of amides is 2. The van der Waals surface area contributed by atoms with Crippen molar-refractivity contribution in [3.05, 3.63) is 48.0 Å². The van der Waals surface area contributed by atoms with E-state index in [2.05, 4.69) is 5.32 Å². The van der Waals surface area contributed by atoms with Crippen LogP contribution in [0.25, 0.3) is 0 Å². The molecule has 1 atom stereocenters. The molecule has 1 heterocycles. The number of hydrogen-bond donors (Lipinski definition) is 1. The van der Waals surface area contributed by atoms with Gasteiger partial charge in [0.25, 0.3) is 5.91 Å². The number of sulfonamides is 1. The van der Waals surface area contributed by atoms with Crippen molar-refractivity contribution in [1.29, 1.82) is 0 Å². The summed E-state index contributed by atoms with van der Waals surface area (Å²) in [7, 11) is 2.26. The lowest BCUT2D eigenvalue weighted by Crippen LogP contribution is -2.29. The Bertz CT molecular complexity index is 1260. The van der Waals surface area contributed by atoms with E-state index in [0.29, 0.717) is 24.5 Å². The highest BCUT2D eigenvalue weighted by molar-refractivity contribution is 7.89. The molecule has 1 saturated heterocycles. The molecule has 1 aliphatic heterocycles. The summed E-state index contributed by atoms with van der Waals surface area (Å²) in [4.78, 5) is 38.8. The van der Waals surface area contributed by atoms with Gasteiger partial charge in [0, 0.05) is 39.3 Å². The fraction of sp³-hybridized carbons (Fsp3) is 0.400. The molecule has 0 radical (unpaired) electrons. The second kappa shape index (κ2) is 12.1. The SMILES string of the molecule is COc1ccc(CCN2C[C@@H](C(=O)OCC(=O)Nc3cccc(S(=O)(=O)N(C)C)c3)CC2=O)cc1OC. The molecule has 1 N–H and O–H groups in total. The van der Waals surface area contributed by atoms with Gasteiger partial charge >= 0.3 is 5.97 Å². The molecule has 0 aliphatic carbocycles. The summed E-state index contributed by atoms with van der Waals surface area (Å²) in [6.45, 7) is 0.0711. The Morgan fingerprint density at radius 1 is 1.08 bits per heavy atom. The minimum absolute atomic E-state index is 0.0107. The van der Waals surface area contributed by atoms with Gasteiger partial charge in [-0.3, -0.25) is 14.4 Å². The molecular weight excluding hydrogens is 502 g/mol. The lowest BCUT2D eigenvalue weighted by atomic mass is 10.1. The maximum atomic E-state index is 12.5. The molecule has 37 heavy (non-hydrogen) atoms. The quantitative estimate of drug-likeness (QED) is 0.430. The number of carbonyl (C=O) groups excluding carboxylic acids is 3. The first-order valence-corrected chi connectivity index (χ1v) is 13.0. The average molecular weight is 534 g/mol. The zero-order chi connectivity index (χ0) is 27.2. The van der Waals surface area contributed by atoms with Crippen molar-refractivity contribution in [3.8, 4) is 11.5 Å². The number of benzene rings is 2. The minimum Gasteiger partial charge on any atom is -0.493 e. The maximum absolute atomic E-state index is 12.5. The van der Waals surface area contributed by atoms with Gasteiger partial charge in [-0.1, -0.05) is 12.1 Å². The fourth-order valence-corrected chi connectivity index (χ4v) is 4.79. The van der Waals surface area contributed by atoms with E-state index in [9.17, 15) is 22.8 Å². The Labute approximate surface area is 216 Å². The van der Waals surface area contributed by atoms with Gasteiger partial charge in [0.05, 0.1) is 25.0 Å². The molecule has 11 nitrogen and oxygen atoms in total. The third-order valence-electron chi connectivity index (χ3n) is 5.91. The normalized spacial score (nSPS) is 15.5. The Kier molecular flexibility index (Phi) is 9.11. The maximum Gasteiger partial charge on any atom is 0.311 e. The zero-order valence-corrected chi connectivity index (χ0v) is 22.0. The number of methoxy groups -OCH3 is 2. The van der Waals surface area contributed by atoms with Crippen molar-refractivity contribution in [1.82, 2.24) is 9.21 Å². The first-order valence-electron chi connectivity index (χ1n) is 11.5. The van der Waals surface area contributed by atoms with Crippen molar-refractivity contribution < 1.29 is 37.0 Å². The first kappa shape index (κ1) is 27.9. The van der Waals surface area contributed by atoms with Crippen molar-refractivity contribution in [2.45, 2.75) is 17.7 Å². The van der Waals surface area contributed by atoms with Gasteiger partial charge in [-0.2, -0.15) is 0 Å². The van der Waals surface area contributed by atoms with E-state index in [0.717, 1.165) is 9.87 Å². The van der Waals surface area contributed by atoms with Crippen molar-refractivity contribution >= 4 is 33.5 Å². The van der Waals surface area contributed by atoms with Crippen LogP contribution >= 0.6 is 0 Å². The topological polar surface area (TPSA) is 132 Å². The van der Waals surface area contributed by atoms with Crippen LogP contribution in [0.15, 0.2) is 47.4 Å². The number of nitrogens with one attached hydrogen (secondary N) is 1. The Morgan fingerprint density at radius 2 is 1.81 bits per heavy atom. The first-order chi connectivity index (χ1) is 17.5. The van der Waals surface area contributed by atoms with Gasteiger partial charge in [-0.05, 0) is 42.3 Å². The van der Waals surface area contributed by atoms with Crippen LogP contribution in [0.3, 0.4) is 0 Å². The summed E-state index contributed by atoms with van der Waals surface area (Å²) in [5.74, 6) is -0.881. The van der Waals surface area contributed by atoms with E-state index in [-0.39, 0.29) is 29.5 Å². The minimum atomic E-state index is -3.66. The van der Waals surface area contributed by atoms with Crippen LogP contribution in [0, 0.1) is 5.92 Å². The van der Waals surface area contributed by atoms with Crippen LogP contribution in [0.5, 0.6) is 11.5 Å². The summed E-state index contributed by atoms with van der Waals surface area (Å²) in [6.07, 6.45) is 0.579. The highest BCUT2D eigenvalue weighted by Crippen LogP contribution is 2.28. The average Bonchev–Trinajstić information content (AvgIpc) is 3.26. The van der Waals surface area contributed by atoms with Gasteiger partial charge in [-0.25, -0.2) is 12.7 Å². The highest BCUT2D eigenvalue weighted by atomic mass is 32.2. The second-order valence-electron chi connectivity index (χ2n) is 8.65. The number of ether oxygens (including phenoxy) is 3. The second-order valence-corrected chi connectivity index (χ2v) is 10.8. The smallest absolute Gasteiger partial charge is 0.311 e. The molecule has 200 valence electrons. The van der Waals surface area contributed by atoms with E-state index in [1.165, 1.54) is 38.4 Å². The summed E-state index contributed by atoms with van der Waals surface area (Å²) in [5, 5.41) is 2.52. The van der Waals surface area contributed by atoms with E-state index < -0.39 is 34.4 Å². The summed E-state index contributed by atoms with van der Waals surface area (Å²) < 4.78 is 41.3. The van der Waals surface area contributed by atoms with Crippen LogP contribution in [0.2, 0.25) is 0 Å². The molecule has 2 amide bonds. The number of esters is 1. The number of likely N-dealkylation sites (tertiary alicyclic amines) is 1. The van der Waals surface area contributed by atoms with Gasteiger partial charge in [0.2, 0.25) is 15.9 Å². The lowest BCUT2D eigenvalue weighted by Gasteiger charge is -2.17. The van der Waals surface area contributed by atoms with Crippen LogP contribution in [0.4, 0.5) is 5.69 Å². The number of hydrogen-bond acceptors (Lipinski definition) is 8. The van der Waals surface area contributed by atoms with Crippen molar-refractivity contribution in [2.75, 3.05) is 53.3 Å². The molecule has 2 aromatic rings. The Hall–Kier alpha value is -3.64. The van der Waals surface area contributed by atoms with Crippen LogP contribution in [-0.4, -0.2) is 83.4 Å². The van der Waals surface area contributed by atoms with E-state index in [1.807, 2.05) is 12.1 Å². The number of nitrogens with zero attached hydrogens (tertiary/aromatic N) is 2. The summed E-state index contributed by atoms with van der Waals surface area (Å²) in [5.41, 5.74) is 1.21. The lowest BCUT2D eigenvalue weighted by molar-refractivity contribution is -0.151. The molecule has 12 heteroatoms. The van der Waals surface area contributed by atoms with Gasteiger partial charge in [-0.15, -0.1) is 0 Å². The van der Waals surface area contributed by atoms with E-state index in [1.54, 1.807) is 25.2 Å². The standard InChI is InChI=1S/C25H31N3O8S/c1-27(2)37(32,33)20-7-5-6-19(14-20)26-23(29)16-36-25(31)18-13-24(30)28(15-18)11-10-17-8-9-21(34-3)22(12-17)35-4/h5-9,12,14,18H,10-11,13,15-16H2,1-4H3,(H,26,29)/t18-/m0/s1. The zero-order valence-electron chi connectivity index (χ0n) is 21.2. The monoisotopic (exact) mass is 533 g/mol. The van der Waals surface area contributed by atoms with Gasteiger partial charge in [0.15, 0.2) is 18.1 Å². The molecule has 0 saturated carbocycles. The predicted molar refractivity (Wildman–Crippen MR) is 135 cm³/mol. The summed E-state index contributed by atoms with van der Waals surface area (Å²) in [6, 6.07) is 11.3. The molecule has 0 spiro atoms. The molecule has 2 aromatic carbocycles. The number of rotatable bonds is 11. The van der Waals surface area contributed by atoms with Gasteiger partial charge in [0.1, 0.15) is 0 Å². The predicted octanol–water partition coefficient (Wildman–Crippen LogP) is 1.53. The third-order valence-corrected chi connectivity index (χ3v) is 7.72. The Morgan fingerprint density at radius 3 is 2.49 bits per heavy atom. The molecule has 1 fully saturated rings. The Balaban J connectivity index is 1.49. The fourth-order valence-electron chi connectivity index (χ4n) is 3.84. The molecule has 0 unspecified atom stereocenters. The number of carbonyl (C=O) groups is 3. The highest BCUT2D eigenvalue weighted by Gasteiger charge is 2.35. The third kappa shape index (κ3) is 6.98. The summed E-state index contributed by atoms with van der Waals surface area (Å²) >= 11 is 0. The largest absolute Gasteiger partial charge is 0.493 e. The van der Waals surface area contributed by atoms with Gasteiger partial charge < -0.3 is 24.4 Å². The van der Waals surface area contributed by atoms with E-state index in [4.69, 9.17) is 14.2 Å². The van der Waals surface area contributed by atoms with E-state index >= 15 is 0 Å². The molecule has 1 aliphatic rings. The van der Waals surface area contributed by atoms with Crippen LogP contribution < -0.4 is 14.8 Å². The van der Waals surface area contributed by atoms with Crippen molar-refractivity contribution in [2.24, 2.45) is 5.92 Å². The van der Waals surface area contributed by atoms with Crippen LogP contribution in [0.1, 0.15) is 12.0 Å².